The molecule has 6 nitrogen and oxygen atoms in total. The maximum atomic E-state index is 12.7. The van der Waals surface area contributed by atoms with Gasteiger partial charge in [0.1, 0.15) is 11.0 Å². The molecule has 1 saturated heterocycles. The third kappa shape index (κ3) is 6.65. The van der Waals surface area contributed by atoms with E-state index >= 15 is 0 Å². The molecule has 0 unspecified atom stereocenters. The fraction of sp³-hybridized carbons (Fsp3) is 0.250. The highest BCUT2D eigenvalue weighted by Gasteiger charge is 2.35. The molecule has 1 atom stereocenters. The van der Waals surface area contributed by atoms with E-state index in [9.17, 15) is 18.4 Å². The highest BCUT2D eigenvalue weighted by Crippen LogP contribution is 2.31. The lowest BCUT2D eigenvalue weighted by Crippen LogP contribution is -2.45. The Balaban J connectivity index is 1.72. The van der Waals surface area contributed by atoms with Crippen molar-refractivity contribution >= 4 is 67.6 Å². The Morgan fingerprint density at radius 1 is 1.29 bits per heavy atom. The van der Waals surface area contributed by atoms with E-state index in [1.807, 2.05) is 19.1 Å². The predicted molar refractivity (Wildman–Crippen MR) is 121 cm³/mol. The van der Waals surface area contributed by atoms with Gasteiger partial charge in [0, 0.05) is 34.7 Å². The van der Waals surface area contributed by atoms with Crippen LogP contribution in [0.3, 0.4) is 0 Å². The molecule has 3 rings (SSSR count). The summed E-state index contributed by atoms with van der Waals surface area (Å²) >= 11 is 9.29. The number of anilines is 1. The molecule has 1 aliphatic heterocycles. The van der Waals surface area contributed by atoms with Gasteiger partial charge in [-0.3, -0.25) is 14.5 Å². The number of hydrogen-bond acceptors (Lipinski definition) is 5. The molecule has 164 valence electrons. The van der Waals surface area contributed by atoms with Crippen molar-refractivity contribution in [2.75, 3.05) is 11.9 Å². The molecule has 0 bridgehead atoms. The van der Waals surface area contributed by atoms with Gasteiger partial charge in [-0.25, -0.2) is 4.99 Å². The van der Waals surface area contributed by atoms with Gasteiger partial charge in [-0.05, 0) is 55.5 Å². The van der Waals surface area contributed by atoms with Gasteiger partial charge in [-0.15, -0.1) is 8.78 Å². The van der Waals surface area contributed by atoms with E-state index < -0.39 is 16.7 Å². The van der Waals surface area contributed by atoms with Crippen molar-refractivity contribution in [3.05, 3.63) is 53.0 Å². The molecule has 1 heterocycles. The minimum atomic E-state index is -3.82. The molecule has 0 aliphatic carbocycles. The number of nitrogens with zero attached hydrogens (tertiary/aromatic N) is 2. The lowest BCUT2D eigenvalue weighted by molar-refractivity contribution is -0.129. The van der Waals surface area contributed by atoms with Crippen molar-refractivity contribution in [1.29, 1.82) is 0 Å². The fourth-order valence-corrected chi connectivity index (χ4v) is 4.26. The van der Waals surface area contributed by atoms with Crippen molar-refractivity contribution < 1.29 is 23.1 Å². The molecular weight excluding hydrogens is 516 g/mol. The second-order valence-corrected chi connectivity index (χ2v) is 8.91. The molecule has 11 heteroatoms. The molecule has 0 radical (unpaired) electrons. The third-order valence-corrected chi connectivity index (χ3v) is 5.95. The summed E-state index contributed by atoms with van der Waals surface area (Å²) < 4.78 is 30.5. The molecule has 2 amide bonds. The quantitative estimate of drug-likeness (QED) is 0.492. The zero-order chi connectivity index (χ0) is 22.6. The van der Waals surface area contributed by atoms with Crippen LogP contribution in [0.4, 0.5) is 20.2 Å². The van der Waals surface area contributed by atoms with E-state index in [1.54, 1.807) is 12.1 Å². The van der Waals surface area contributed by atoms with E-state index in [1.165, 1.54) is 40.9 Å². The number of nitrogens with one attached hydrogen (secondary N) is 1. The molecule has 1 aliphatic rings. The summed E-state index contributed by atoms with van der Waals surface area (Å²) in [5.41, 5.74) is -2.79. The summed E-state index contributed by atoms with van der Waals surface area (Å²) in [5.74, 6) is -0.748. The largest absolute Gasteiger partial charge is 0.487 e. The summed E-state index contributed by atoms with van der Waals surface area (Å²) in [6.45, 7) is 2.27. The summed E-state index contributed by atoms with van der Waals surface area (Å²) in [6, 6.07) is 12.6. The van der Waals surface area contributed by atoms with Crippen LogP contribution in [-0.2, 0) is 9.59 Å². The molecule has 0 spiro atoms. The Morgan fingerprint density at radius 3 is 2.52 bits per heavy atom. The summed E-state index contributed by atoms with van der Waals surface area (Å²) in [4.78, 5) is 31.4. The number of carbonyl (C=O) groups excluding carboxylic acids is 2. The number of alkyl halides is 3. The van der Waals surface area contributed by atoms with Crippen LogP contribution in [-0.4, -0.2) is 39.2 Å². The molecule has 1 N–H and O–H groups in total. The van der Waals surface area contributed by atoms with E-state index in [0.29, 0.717) is 23.1 Å². The van der Waals surface area contributed by atoms with Crippen LogP contribution >= 0.6 is 39.3 Å². The smallest absolute Gasteiger partial charge is 0.420 e. The van der Waals surface area contributed by atoms with Gasteiger partial charge in [0.25, 0.3) is 0 Å². The third-order valence-electron chi connectivity index (χ3n) is 4.16. The maximum Gasteiger partial charge on any atom is 0.487 e. The first-order valence-corrected chi connectivity index (χ1v) is 11.2. The molecule has 0 saturated carbocycles. The van der Waals surface area contributed by atoms with Crippen LogP contribution < -0.4 is 10.1 Å². The minimum absolute atomic E-state index is 0.0172. The first-order valence-electron chi connectivity index (χ1n) is 9.12. The van der Waals surface area contributed by atoms with Gasteiger partial charge < -0.3 is 10.1 Å². The zero-order valence-corrected chi connectivity index (χ0v) is 19.3. The van der Waals surface area contributed by atoms with Gasteiger partial charge in [-0.1, -0.05) is 27.7 Å². The number of carbonyl (C=O) groups is 2. The first-order chi connectivity index (χ1) is 14.6. The Morgan fingerprint density at radius 2 is 1.94 bits per heavy atom. The second-order valence-electron chi connectivity index (χ2n) is 6.38. The normalized spacial score (nSPS) is 18.2. The lowest BCUT2D eigenvalue weighted by Gasteiger charge is -2.30. The Kier molecular flexibility index (Phi) is 7.55. The monoisotopic (exact) mass is 531 g/mol. The first kappa shape index (κ1) is 23.5. The predicted octanol–water partition coefficient (Wildman–Crippen LogP) is 5.60. The Labute approximate surface area is 195 Å². The standard InChI is InChI=1S/C20H17BrClF2N3O3S/c1-2-27-17(28)11-16(31-19(27)26-14-5-3-12(21)4-6-14)18(29)25-13-7-9-15(10-8-13)30-20(22,23)24/h3-10,16H,2,11H2,1H3,(H,25,29)/t16-/m1/s1. The molecule has 31 heavy (non-hydrogen) atoms. The van der Waals surface area contributed by atoms with E-state index in [0.717, 1.165) is 4.47 Å². The maximum absolute atomic E-state index is 12.7. The minimum Gasteiger partial charge on any atom is -0.420 e. The molecular formula is C20H17BrClF2N3O3S. The average Bonchev–Trinajstić information content (AvgIpc) is 2.70. The van der Waals surface area contributed by atoms with Crippen LogP contribution in [0.1, 0.15) is 13.3 Å². The van der Waals surface area contributed by atoms with E-state index in [4.69, 9.17) is 11.6 Å². The van der Waals surface area contributed by atoms with Crippen molar-refractivity contribution in [3.63, 3.8) is 0 Å². The number of rotatable bonds is 6. The number of benzene rings is 2. The summed E-state index contributed by atoms with van der Waals surface area (Å²) in [6.07, 6.45) is 0.0172. The van der Waals surface area contributed by atoms with Crippen LogP contribution in [0.15, 0.2) is 58.0 Å². The number of hydrogen-bond donors (Lipinski definition) is 1. The van der Waals surface area contributed by atoms with Crippen molar-refractivity contribution in [2.45, 2.75) is 24.2 Å². The highest BCUT2D eigenvalue weighted by atomic mass is 79.9. The van der Waals surface area contributed by atoms with Crippen LogP contribution in [0.2, 0.25) is 0 Å². The van der Waals surface area contributed by atoms with Gasteiger partial charge in [0.2, 0.25) is 11.8 Å². The molecule has 2 aromatic rings. The van der Waals surface area contributed by atoms with Gasteiger partial charge in [0.15, 0.2) is 5.17 Å². The number of halogens is 4. The van der Waals surface area contributed by atoms with Gasteiger partial charge in [-0.2, -0.15) is 0 Å². The SMILES string of the molecule is CCN1C(=O)C[C@H](C(=O)Nc2ccc(OC(F)(F)Cl)cc2)SC1=Nc1ccc(Br)cc1. The Hall–Kier alpha value is -2.17. The number of aliphatic imine (C=N–C) groups is 1. The summed E-state index contributed by atoms with van der Waals surface area (Å²) in [5, 5.41) is 2.43. The lowest BCUT2D eigenvalue weighted by atomic mass is 10.2. The van der Waals surface area contributed by atoms with Crippen molar-refractivity contribution in [2.24, 2.45) is 4.99 Å². The number of amides is 2. The van der Waals surface area contributed by atoms with Crippen LogP contribution in [0.25, 0.3) is 0 Å². The Bertz CT molecular complexity index is 985. The number of thioether (sulfide) groups is 1. The second kappa shape index (κ2) is 9.97. The topological polar surface area (TPSA) is 71.0 Å². The zero-order valence-electron chi connectivity index (χ0n) is 16.1. The number of amidine groups is 1. The van der Waals surface area contributed by atoms with Crippen molar-refractivity contribution in [3.8, 4) is 5.75 Å². The molecule has 2 aromatic carbocycles. The molecule has 1 fully saturated rings. The highest BCUT2D eigenvalue weighted by molar-refractivity contribution is 9.10. The van der Waals surface area contributed by atoms with Crippen LogP contribution in [0.5, 0.6) is 5.75 Å². The van der Waals surface area contributed by atoms with Crippen molar-refractivity contribution in [1.82, 2.24) is 4.90 Å². The van der Waals surface area contributed by atoms with Gasteiger partial charge in [0.05, 0.1) is 5.69 Å². The summed E-state index contributed by atoms with van der Waals surface area (Å²) in [7, 11) is 0. The number of ether oxygens (including phenoxy) is 1. The average molecular weight is 533 g/mol. The van der Waals surface area contributed by atoms with Gasteiger partial charge >= 0.3 is 5.57 Å². The van der Waals surface area contributed by atoms with E-state index in [-0.39, 0.29) is 18.1 Å². The molecule has 0 aromatic heterocycles. The fourth-order valence-electron chi connectivity index (χ4n) is 2.74. The van der Waals surface area contributed by atoms with Crippen LogP contribution in [0, 0.1) is 0 Å². The van der Waals surface area contributed by atoms with E-state index in [2.05, 4.69) is 31.0 Å².